The maximum absolute atomic E-state index is 12.6. The smallest absolute Gasteiger partial charge is 0.234 e. The van der Waals surface area contributed by atoms with Crippen molar-refractivity contribution in [2.75, 3.05) is 6.61 Å². The van der Waals surface area contributed by atoms with Gasteiger partial charge in [0.2, 0.25) is 11.6 Å². The number of hydrogen-bond acceptors (Lipinski definition) is 4. The summed E-state index contributed by atoms with van der Waals surface area (Å²) in [5.74, 6) is -0.825. The molecule has 1 aliphatic rings. The quantitative estimate of drug-likeness (QED) is 0.755. The first-order valence-electron chi connectivity index (χ1n) is 9.44. The van der Waals surface area contributed by atoms with Gasteiger partial charge < -0.3 is 10.2 Å². The van der Waals surface area contributed by atoms with Crippen molar-refractivity contribution in [1.29, 1.82) is 0 Å². The number of ketones is 2. The van der Waals surface area contributed by atoms with Crippen LogP contribution in [0.3, 0.4) is 0 Å². The molecule has 0 saturated heterocycles. The molecule has 1 aromatic rings. The molecule has 4 heteroatoms. The van der Waals surface area contributed by atoms with Crippen molar-refractivity contribution in [2.45, 2.75) is 66.4 Å². The molecular formula is C22H32O4. The zero-order valence-electron chi connectivity index (χ0n) is 16.8. The maximum atomic E-state index is 12.6. The fraction of sp³-hybridized carbons (Fsp3) is 0.545. The van der Waals surface area contributed by atoms with E-state index < -0.39 is 17.2 Å². The van der Waals surface area contributed by atoms with Gasteiger partial charge in [0.1, 0.15) is 0 Å². The van der Waals surface area contributed by atoms with E-state index in [9.17, 15) is 14.7 Å². The summed E-state index contributed by atoms with van der Waals surface area (Å²) in [5, 5.41) is 19.1. The molecule has 0 aliphatic heterocycles. The van der Waals surface area contributed by atoms with Crippen molar-refractivity contribution in [3.05, 3.63) is 40.0 Å². The summed E-state index contributed by atoms with van der Waals surface area (Å²) < 4.78 is 0. The van der Waals surface area contributed by atoms with Gasteiger partial charge in [0.05, 0.1) is 12.2 Å². The number of aryl methyl sites for hydroxylation is 1. The molecule has 26 heavy (non-hydrogen) atoms. The number of Topliss-reactive ketones (excluding diaryl/α,β-unsaturated/α-hetero) is 2. The van der Waals surface area contributed by atoms with Crippen LogP contribution in [0.2, 0.25) is 0 Å². The van der Waals surface area contributed by atoms with Crippen LogP contribution >= 0.6 is 0 Å². The fourth-order valence-corrected chi connectivity index (χ4v) is 3.11. The Morgan fingerprint density at radius 3 is 2.27 bits per heavy atom. The van der Waals surface area contributed by atoms with Gasteiger partial charge >= 0.3 is 0 Å². The maximum Gasteiger partial charge on any atom is 0.234 e. The Balaban J connectivity index is 0.00000163. The number of aliphatic hydroxyl groups is 2. The van der Waals surface area contributed by atoms with Gasteiger partial charge in [0.25, 0.3) is 0 Å². The summed E-state index contributed by atoms with van der Waals surface area (Å²) in [7, 11) is 0. The molecular weight excluding hydrogens is 328 g/mol. The average Bonchev–Trinajstić information content (AvgIpc) is 2.61. The lowest BCUT2D eigenvalue weighted by molar-refractivity contribution is -0.112. The minimum atomic E-state index is -1.12. The molecule has 4 nitrogen and oxygen atoms in total. The molecule has 1 aromatic carbocycles. The van der Waals surface area contributed by atoms with Crippen LogP contribution in [0.1, 0.15) is 74.5 Å². The highest BCUT2D eigenvalue weighted by Gasteiger charge is 2.31. The first kappa shape index (κ1) is 22.3. The highest BCUT2D eigenvalue weighted by Crippen LogP contribution is 2.31. The topological polar surface area (TPSA) is 74.6 Å². The third-order valence-electron chi connectivity index (χ3n) is 4.69. The molecule has 1 atom stereocenters. The molecule has 0 heterocycles. The summed E-state index contributed by atoms with van der Waals surface area (Å²) in [6.45, 7) is 11.0. The Morgan fingerprint density at radius 2 is 1.73 bits per heavy atom. The average molecular weight is 360 g/mol. The van der Waals surface area contributed by atoms with Gasteiger partial charge in [0, 0.05) is 11.1 Å². The van der Waals surface area contributed by atoms with E-state index in [0.717, 1.165) is 16.7 Å². The third kappa shape index (κ3) is 4.89. The van der Waals surface area contributed by atoms with Crippen LogP contribution in [0, 0.1) is 12.8 Å². The molecule has 0 amide bonds. The van der Waals surface area contributed by atoms with E-state index in [4.69, 9.17) is 5.11 Å². The number of hydrogen-bond donors (Lipinski definition) is 2. The summed E-state index contributed by atoms with van der Waals surface area (Å²) in [6.07, 6.45) is 3.49. The second-order valence-electron chi connectivity index (χ2n) is 7.25. The van der Waals surface area contributed by atoms with E-state index in [0.29, 0.717) is 30.4 Å². The largest absolute Gasteiger partial charge is 0.393 e. The minimum absolute atomic E-state index is 0.0130. The predicted octanol–water partition coefficient (Wildman–Crippen LogP) is 3.89. The van der Waals surface area contributed by atoms with Crippen LogP contribution in [0.25, 0.3) is 6.08 Å². The number of fused-ring (bicyclic) bond motifs is 1. The highest BCUT2D eigenvalue weighted by molar-refractivity contribution is 6.52. The normalized spacial score (nSPS) is 15.8. The number of rotatable bonds is 6. The number of benzene rings is 1. The Labute approximate surface area is 156 Å². The van der Waals surface area contributed by atoms with Crippen LogP contribution < -0.4 is 0 Å². The Hall–Kier alpha value is -1.78. The fourth-order valence-electron chi connectivity index (χ4n) is 3.11. The molecule has 0 aromatic heterocycles. The SMILES string of the molecule is CC.Cc1ccc2c(c1CCCC(C)(O)CO)C(=O)C(=O)C(C(C)C)=C2. The van der Waals surface area contributed by atoms with Crippen molar-refractivity contribution >= 4 is 17.6 Å². The molecule has 0 spiro atoms. The summed E-state index contributed by atoms with van der Waals surface area (Å²) in [6, 6.07) is 3.86. The zero-order valence-corrected chi connectivity index (χ0v) is 16.8. The third-order valence-corrected chi connectivity index (χ3v) is 4.69. The number of carbonyl (C=O) groups excluding carboxylic acids is 2. The van der Waals surface area contributed by atoms with Crippen LogP contribution in [-0.4, -0.2) is 34.0 Å². The van der Waals surface area contributed by atoms with Crippen LogP contribution in [0.5, 0.6) is 0 Å². The standard InChI is InChI=1S/C20H26O4.C2H6/c1-12(2)16-10-14-8-7-13(3)15(17(14)19(23)18(16)22)6-5-9-20(4,24)11-21;1-2/h7-8,10,12,21,24H,5-6,9,11H2,1-4H3;1-2H3. The van der Waals surface area contributed by atoms with Crippen molar-refractivity contribution in [3.8, 4) is 0 Å². The van der Waals surface area contributed by atoms with Gasteiger partial charge in [-0.1, -0.05) is 39.8 Å². The number of allylic oxidation sites excluding steroid dienone is 1. The first-order valence-corrected chi connectivity index (χ1v) is 9.44. The number of aliphatic hydroxyl groups excluding tert-OH is 1. The van der Waals surface area contributed by atoms with E-state index in [1.165, 1.54) is 0 Å². The molecule has 144 valence electrons. The molecule has 0 radical (unpaired) electrons. The predicted molar refractivity (Wildman–Crippen MR) is 105 cm³/mol. The van der Waals surface area contributed by atoms with Gasteiger partial charge in [-0.2, -0.15) is 0 Å². The van der Waals surface area contributed by atoms with Crippen molar-refractivity contribution in [1.82, 2.24) is 0 Å². The highest BCUT2D eigenvalue weighted by atomic mass is 16.3. The summed E-state index contributed by atoms with van der Waals surface area (Å²) in [4.78, 5) is 25.0. The monoisotopic (exact) mass is 360 g/mol. The van der Waals surface area contributed by atoms with E-state index >= 15 is 0 Å². The van der Waals surface area contributed by atoms with Crippen molar-refractivity contribution < 1.29 is 19.8 Å². The molecule has 0 fully saturated rings. The van der Waals surface area contributed by atoms with Gasteiger partial charge in [-0.3, -0.25) is 9.59 Å². The molecule has 0 bridgehead atoms. The zero-order chi connectivity index (χ0) is 20.1. The van der Waals surface area contributed by atoms with Crippen LogP contribution in [-0.2, 0) is 11.2 Å². The summed E-state index contributed by atoms with van der Waals surface area (Å²) in [5.41, 5.74) is 2.60. The summed E-state index contributed by atoms with van der Waals surface area (Å²) >= 11 is 0. The second kappa shape index (κ2) is 9.24. The van der Waals surface area contributed by atoms with Gasteiger partial charge in [-0.25, -0.2) is 0 Å². The molecule has 2 rings (SSSR count). The Bertz CT molecular complexity index is 696. The molecule has 2 N–H and O–H groups in total. The lowest BCUT2D eigenvalue weighted by Gasteiger charge is -2.23. The van der Waals surface area contributed by atoms with E-state index in [1.807, 2.05) is 52.8 Å². The molecule has 1 unspecified atom stereocenters. The Morgan fingerprint density at radius 1 is 1.12 bits per heavy atom. The van der Waals surface area contributed by atoms with E-state index in [-0.39, 0.29) is 12.5 Å². The van der Waals surface area contributed by atoms with Gasteiger partial charge in [0.15, 0.2) is 0 Å². The second-order valence-corrected chi connectivity index (χ2v) is 7.25. The number of carbonyl (C=O) groups is 2. The Kier molecular flexibility index (Phi) is 7.91. The minimum Gasteiger partial charge on any atom is -0.393 e. The van der Waals surface area contributed by atoms with E-state index in [2.05, 4.69) is 0 Å². The van der Waals surface area contributed by atoms with Crippen LogP contribution in [0.15, 0.2) is 17.7 Å². The first-order chi connectivity index (χ1) is 12.2. The van der Waals surface area contributed by atoms with Gasteiger partial charge in [-0.15, -0.1) is 0 Å². The molecule has 1 aliphatic carbocycles. The van der Waals surface area contributed by atoms with E-state index in [1.54, 1.807) is 6.92 Å². The van der Waals surface area contributed by atoms with Crippen molar-refractivity contribution in [2.24, 2.45) is 5.92 Å². The van der Waals surface area contributed by atoms with Crippen molar-refractivity contribution in [3.63, 3.8) is 0 Å². The molecule has 0 saturated carbocycles. The lowest BCUT2D eigenvalue weighted by Crippen LogP contribution is -2.29. The lowest BCUT2D eigenvalue weighted by atomic mass is 9.80. The van der Waals surface area contributed by atoms with Gasteiger partial charge in [-0.05, 0) is 61.8 Å². The van der Waals surface area contributed by atoms with Crippen LogP contribution in [0.4, 0.5) is 0 Å².